The first kappa shape index (κ1) is 12.2. The predicted octanol–water partition coefficient (Wildman–Crippen LogP) is 3.16. The molecule has 0 fully saturated rings. The van der Waals surface area contributed by atoms with Gasteiger partial charge in [-0.05, 0) is 43.5 Å². The normalized spacial score (nSPS) is 15.7. The Morgan fingerprint density at radius 3 is 3.05 bits per heavy atom. The lowest BCUT2D eigenvalue weighted by atomic mass is 10.1. The molecule has 4 nitrogen and oxygen atoms in total. The quantitative estimate of drug-likeness (QED) is 0.691. The van der Waals surface area contributed by atoms with Crippen molar-refractivity contribution in [2.45, 2.75) is 26.4 Å². The molecule has 0 bridgehead atoms. The first-order valence-electron chi connectivity index (χ1n) is 6.14. The Morgan fingerprint density at radius 1 is 1.42 bits per heavy atom. The van der Waals surface area contributed by atoms with E-state index in [1.54, 1.807) is 11.3 Å². The van der Waals surface area contributed by atoms with Gasteiger partial charge in [-0.15, -0.1) is 11.3 Å². The third-order valence-electron chi connectivity index (χ3n) is 3.19. The average molecular weight is 274 g/mol. The minimum Gasteiger partial charge on any atom is -0.487 e. The zero-order valence-electron chi connectivity index (χ0n) is 10.6. The van der Waals surface area contributed by atoms with Gasteiger partial charge in [-0.1, -0.05) is 5.16 Å². The first-order chi connectivity index (χ1) is 9.26. The monoisotopic (exact) mass is 274 g/mol. The summed E-state index contributed by atoms with van der Waals surface area (Å²) in [6.45, 7) is 2.48. The van der Waals surface area contributed by atoms with Gasteiger partial charge in [-0.25, -0.2) is 4.98 Å². The van der Waals surface area contributed by atoms with E-state index >= 15 is 0 Å². The van der Waals surface area contributed by atoms with E-state index in [-0.39, 0.29) is 0 Å². The standard InChI is InChI=1S/C14H14N2O2S/c1-9-15-11(8-19-9)7-18-12-3-4-13-10(6-12)2-5-14(13)16-17/h3-4,6,8,17H,2,5,7H2,1H3/b16-14+. The Kier molecular flexibility index (Phi) is 3.21. The van der Waals surface area contributed by atoms with Gasteiger partial charge >= 0.3 is 0 Å². The molecule has 1 aliphatic carbocycles. The minimum absolute atomic E-state index is 0.490. The number of rotatable bonds is 3. The number of aryl methyl sites for hydroxylation is 2. The maximum Gasteiger partial charge on any atom is 0.131 e. The van der Waals surface area contributed by atoms with Crippen LogP contribution in [0.2, 0.25) is 0 Å². The molecule has 2 aromatic rings. The molecular weight excluding hydrogens is 260 g/mol. The van der Waals surface area contributed by atoms with E-state index in [0.29, 0.717) is 6.61 Å². The molecule has 5 heteroatoms. The maximum atomic E-state index is 8.89. The second-order valence-electron chi connectivity index (χ2n) is 4.51. The van der Waals surface area contributed by atoms with Gasteiger partial charge in [-0.2, -0.15) is 0 Å². The van der Waals surface area contributed by atoms with Crippen molar-refractivity contribution >= 4 is 17.0 Å². The zero-order chi connectivity index (χ0) is 13.2. The Labute approximate surface area is 115 Å². The van der Waals surface area contributed by atoms with Crippen LogP contribution in [-0.2, 0) is 13.0 Å². The van der Waals surface area contributed by atoms with Gasteiger partial charge in [0.15, 0.2) is 0 Å². The summed E-state index contributed by atoms with van der Waals surface area (Å²) >= 11 is 1.63. The van der Waals surface area contributed by atoms with Gasteiger partial charge in [0.25, 0.3) is 0 Å². The topological polar surface area (TPSA) is 54.7 Å². The summed E-state index contributed by atoms with van der Waals surface area (Å²) in [4.78, 5) is 4.36. The van der Waals surface area contributed by atoms with Crippen molar-refractivity contribution < 1.29 is 9.94 Å². The summed E-state index contributed by atoms with van der Waals surface area (Å²) in [5, 5.41) is 15.3. The van der Waals surface area contributed by atoms with Crippen molar-refractivity contribution in [2.24, 2.45) is 5.16 Å². The van der Waals surface area contributed by atoms with Crippen LogP contribution in [0.15, 0.2) is 28.7 Å². The molecule has 1 aliphatic rings. The summed E-state index contributed by atoms with van der Waals surface area (Å²) < 4.78 is 5.74. The average Bonchev–Trinajstić information content (AvgIpc) is 3.01. The van der Waals surface area contributed by atoms with E-state index in [0.717, 1.165) is 40.6 Å². The highest BCUT2D eigenvalue weighted by molar-refractivity contribution is 7.09. The molecule has 0 unspecified atom stereocenters. The van der Waals surface area contributed by atoms with E-state index in [2.05, 4.69) is 10.1 Å². The van der Waals surface area contributed by atoms with E-state index in [4.69, 9.17) is 9.94 Å². The fraction of sp³-hybridized carbons (Fsp3) is 0.286. The van der Waals surface area contributed by atoms with E-state index in [1.165, 1.54) is 5.56 Å². The third kappa shape index (κ3) is 2.46. The molecule has 0 radical (unpaired) electrons. The molecule has 0 saturated carbocycles. The molecule has 1 aromatic carbocycles. The number of ether oxygens (including phenoxy) is 1. The molecule has 0 spiro atoms. The fourth-order valence-electron chi connectivity index (χ4n) is 2.27. The van der Waals surface area contributed by atoms with Crippen molar-refractivity contribution in [3.05, 3.63) is 45.4 Å². The van der Waals surface area contributed by atoms with Crippen LogP contribution < -0.4 is 4.74 Å². The van der Waals surface area contributed by atoms with Gasteiger partial charge in [0.2, 0.25) is 0 Å². The van der Waals surface area contributed by atoms with Crippen LogP contribution in [0.4, 0.5) is 0 Å². The van der Waals surface area contributed by atoms with Crippen LogP contribution in [-0.4, -0.2) is 15.9 Å². The van der Waals surface area contributed by atoms with Gasteiger partial charge in [0, 0.05) is 10.9 Å². The highest BCUT2D eigenvalue weighted by Crippen LogP contribution is 2.27. The number of oxime groups is 1. The summed E-state index contributed by atoms with van der Waals surface area (Å²) in [5.41, 5.74) is 3.93. The summed E-state index contributed by atoms with van der Waals surface area (Å²) in [6, 6.07) is 5.89. The summed E-state index contributed by atoms with van der Waals surface area (Å²) in [5.74, 6) is 0.837. The molecule has 19 heavy (non-hydrogen) atoms. The fourth-order valence-corrected chi connectivity index (χ4v) is 2.87. The van der Waals surface area contributed by atoms with Crippen molar-refractivity contribution in [3.8, 4) is 5.75 Å². The number of nitrogens with zero attached hydrogens (tertiary/aromatic N) is 2. The highest BCUT2D eigenvalue weighted by Gasteiger charge is 2.18. The van der Waals surface area contributed by atoms with Crippen molar-refractivity contribution in [3.63, 3.8) is 0 Å². The van der Waals surface area contributed by atoms with E-state index < -0.39 is 0 Å². The second-order valence-corrected chi connectivity index (χ2v) is 5.57. The smallest absolute Gasteiger partial charge is 0.131 e. The Balaban J connectivity index is 1.73. The third-order valence-corrected chi connectivity index (χ3v) is 4.02. The first-order valence-corrected chi connectivity index (χ1v) is 7.02. The van der Waals surface area contributed by atoms with Crippen molar-refractivity contribution in [2.75, 3.05) is 0 Å². The van der Waals surface area contributed by atoms with Crippen LogP contribution >= 0.6 is 11.3 Å². The Morgan fingerprint density at radius 2 is 2.32 bits per heavy atom. The summed E-state index contributed by atoms with van der Waals surface area (Å²) in [7, 11) is 0. The molecule has 0 atom stereocenters. The lowest BCUT2D eigenvalue weighted by molar-refractivity contribution is 0.301. The van der Waals surface area contributed by atoms with Gasteiger partial charge in [0.1, 0.15) is 12.4 Å². The molecule has 0 amide bonds. The largest absolute Gasteiger partial charge is 0.487 e. The number of hydrogen-bond donors (Lipinski definition) is 1. The number of hydrogen-bond acceptors (Lipinski definition) is 5. The van der Waals surface area contributed by atoms with Crippen LogP contribution in [0.3, 0.4) is 0 Å². The van der Waals surface area contributed by atoms with Crippen molar-refractivity contribution in [1.29, 1.82) is 0 Å². The lowest BCUT2D eigenvalue weighted by Crippen LogP contribution is -1.98. The molecule has 0 aliphatic heterocycles. The van der Waals surface area contributed by atoms with Gasteiger partial charge in [0.05, 0.1) is 16.4 Å². The number of benzene rings is 1. The SMILES string of the molecule is Cc1nc(COc2ccc3c(c2)CC/C3=N\O)cs1. The van der Waals surface area contributed by atoms with Gasteiger partial charge < -0.3 is 9.94 Å². The number of fused-ring (bicyclic) bond motifs is 1. The summed E-state index contributed by atoms with van der Waals surface area (Å²) in [6.07, 6.45) is 1.70. The Bertz CT molecular complexity index is 634. The van der Waals surface area contributed by atoms with Crippen LogP contribution in [0.1, 0.15) is 28.2 Å². The zero-order valence-corrected chi connectivity index (χ0v) is 11.4. The van der Waals surface area contributed by atoms with Crippen LogP contribution in [0.25, 0.3) is 0 Å². The minimum atomic E-state index is 0.490. The van der Waals surface area contributed by atoms with Crippen molar-refractivity contribution in [1.82, 2.24) is 4.98 Å². The number of thiazole rings is 1. The lowest BCUT2D eigenvalue weighted by Gasteiger charge is -2.06. The molecule has 0 saturated heterocycles. The van der Waals surface area contributed by atoms with Gasteiger partial charge in [-0.3, -0.25) is 0 Å². The molecule has 1 heterocycles. The van der Waals surface area contributed by atoms with Crippen LogP contribution in [0, 0.1) is 6.92 Å². The molecule has 1 aromatic heterocycles. The molecule has 1 N–H and O–H groups in total. The Hall–Kier alpha value is -1.88. The molecule has 3 rings (SSSR count). The number of aromatic nitrogens is 1. The van der Waals surface area contributed by atoms with Crippen LogP contribution in [0.5, 0.6) is 5.75 Å². The highest BCUT2D eigenvalue weighted by atomic mass is 32.1. The van der Waals surface area contributed by atoms with E-state index in [1.807, 2.05) is 30.5 Å². The molecule has 98 valence electrons. The molecular formula is C14H14N2O2S. The maximum absolute atomic E-state index is 8.89. The van der Waals surface area contributed by atoms with E-state index in [9.17, 15) is 0 Å². The predicted molar refractivity (Wildman–Crippen MR) is 74.3 cm³/mol. The second kappa shape index (κ2) is 5.01.